The van der Waals surface area contributed by atoms with Gasteiger partial charge >= 0.3 is 188 Å². The standard InChI is InChI=1S/C9H7.2C7H5O.C5H5.Zr/c1-2-5-9-7-3-6-8(9)4-1;2*8-6-7-4-2-1-3-5-7;1-2-4-5-3-1;/h1-7H;2*1-5H;1-3H,4H2;. The molecule has 0 N–H and O–H groups in total. The van der Waals surface area contributed by atoms with Crippen molar-refractivity contribution in [1.82, 2.24) is 0 Å². The van der Waals surface area contributed by atoms with Gasteiger partial charge in [0.1, 0.15) is 0 Å². The summed E-state index contributed by atoms with van der Waals surface area (Å²) < 4.78 is 1.02. The van der Waals surface area contributed by atoms with Gasteiger partial charge in [0.2, 0.25) is 0 Å². The van der Waals surface area contributed by atoms with E-state index in [1.54, 1.807) is 0 Å². The molecule has 2 nitrogen and oxygen atoms in total. The van der Waals surface area contributed by atoms with Gasteiger partial charge in [-0.25, -0.2) is 0 Å². The molecule has 0 aromatic heterocycles. The van der Waals surface area contributed by atoms with E-state index in [9.17, 15) is 9.59 Å². The molecule has 0 heterocycles. The van der Waals surface area contributed by atoms with Gasteiger partial charge in [-0.3, -0.25) is 0 Å². The van der Waals surface area contributed by atoms with Crippen molar-refractivity contribution < 1.29 is 29.9 Å². The molecule has 0 aliphatic heterocycles. The Morgan fingerprint density at radius 1 is 0.742 bits per heavy atom. The maximum absolute atomic E-state index is 14.4. The van der Waals surface area contributed by atoms with E-state index in [0.717, 1.165) is 14.4 Å². The minimum atomic E-state index is -4.51. The van der Waals surface area contributed by atoms with Gasteiger partial charge in [-0.05, 0) is 0 Å². The molecule has 0 radical (unpaired) electrons. The first-order valence-corrected chi connectivity index (χ1v) is 15.7. The van der Waals surface area contributed by atoms with E-state index >= 15 is 0 Å². The Labute approximate surface area is 187 Å². The predicted octanol–water partition coefficient (Wildman–Crippen LogP) is 6.43. The molecule has 3 heteroatoms. The van der Waals surface area contributed by atoms with E-state index in [0.29, 0.717) is 17.5 Å². The van der Waals surface area contributed by atoms with E-state index in [-0.39, 0.29) is 10.6 Å². The zero-order valence-corrected chi connectivity index (χ0v) is 19.5. The van der Waals surface area contributed by atoms with E-state index in [1.165, 1.54) is 0 Å². The molecule has 0 saturated carbocycles. The van der Waals surface area contributed by atoms with Crippen molar-refractivity contribution in [3.05, 3.63) is 135 Å². The van der Waals surface area contributed by atoms with Crippen LogP contribution in [0, 0.1) is 0 Å². The van der Waals surface area contributed by atoms with Crippen molar-refractivity contribution >= 4 is 13.1 Å². The van der Waals surface area contributed by atoms with Crippen LogP contribution in [-0.4, -0.2) is 6.98 Å². The zero-order valence-electron chi connectivity index (χ0n) is 17.1. The Bertz CT molecular complexity index is 1180. The summed E-state index contributed by atoms with van der Waals surface area (Å²) in [5.41, 5.74) is 3.52. The molecule has 3 aromatic rings. The van der Waals surface area contributed by atoms with Crippen LogP contribution in [0.25, 0.3) is 6.08 Å². The molecule has 1 unspecified atom stereocenters. The third-order valence-electron chi connectivity index (χ3n) is 6.33. The van der Waals surface area contributed by atoms with Gasteiger partial charge in [-0.15, -0.1) is 0 Å². The first-order chi connectivity index (χ1) is 15.2. The first kappa shape index (κ1) is 20.0. The molecule has 1 atom stereocenters. The van der Waals surface area contributed by atoms with E-state index in [2.05, 4.69) is 30.4 Å². The molecule has 0 bridgehead atoms. The Kier molecular flexibility index (Phi) is 5.38. The van der Waals surface area contributed by atoms with Crippen molar-refractivity contribution in [3.8, 4) is 0 Å². The van der Waals surface area contributed by atoms with Crippen LogP contribution in [0.4, 0.5) is 0 Å². The van der Waals surface area contributed by atoms with Crippen LogP contribution in [-0.2, 0) is 20.3 Å². The second kappa shape index (κ2) is 8.32. The summed E-state index contributed by atoms with van der Waals surface area (Å²) in [6.45, 7) is 0. The van der Waals surface area contributed by atoms with Crippen molar-refractivity contribution in [2.45, 2.75) is 10.0 Å². The molecule has 2 aliphatic carbocycles. The Morgan fingerprint density at radius 3 is 1.90 bits per heavy atom. The van der Waals surface area contributed by atoms with Gasteiger partial charge in [0.15, 0.2) is 0 Å². The zero-order chi connectivity index (χ0) is 21.3. The van der Waals surface area contributed by atoms with E-state index in [4.69, 9.17) is 0 Å². The van der Waals surface area contributed by atoms with Crippen LogP contribution in [0.15, 0.2) is 113 Å². The van der Waals surface area contributed by atoms with E-state index < -0.39 is 20.3 Å². The number of rotatable bonds is 6. The molecule has 0 spiro atoms. The number of carbonyl (C=O) groups is 2. The van der Waals surface area contributed by atoms with Gasteiger partial charge in [0, 0.05) is 0 Å². The molecule has 0 amide bonds. The first-order valence-electron chi connectivity index (χ1n) is 10.6. The quantitative estimate of drug-likeness (QED) is 0.406. The normalized spacial score (nSPS) is 16.8. The minimum absolute atomic E-state index is 0.0602. The molecule has 2 aliphatic rings. The Morgan fingerprint density at radius 2 is 1.32 bits per heavy atom. The van der Waals surface area contributed by atoms with Crippen LogP contribution in [0.1, 0.15) is 41.9 Å². The molecule has 3 aromatic carbocycles. The summed E-state index contributed by atoms with van der Waals surface area (Å²) in [4.78, 5) is 28.9. The fourth-order valence-corrected chi connectivity index (χ4v) is 17.0. The number of carbonyl (C=O) groups excluding carboxylic acids is 2. The van der Waals surface area contributed by atoms with Crippen LogP contribution < -0.4 is 0 Å². The maximum atomic E-state index is 14.4. The molecule has 150 valence electrons. The number of hydrogen-bond donors (Lipinski definition) is 0. The number of benzene rings is 3. The molecule has 31 heavy (non-hydrogen) atoms. The summed E-state index contributed by atoms with van der Waals surface area (Å²) in [5.74, 6) is 0. The molecular formula is C28H22O2Zr. The summed E-state index contributed by atoms with van der Waals surface area (Å²) in [6, 6.07) is 27.0. The van der Waals surface area contributed by atoms with Gasteiger partial charge in [-0.1, -0.05) is 0 Å². The topological polar surface area (TPSA) is 34.1 Å². The van der Waals surface area contributed by atoms with Gasteiger partial charge in [0.05, 0.1) is 0 Å². The van der Waals surface area contributed by atoms with E-state index in [1.807, 2.05) is 84.9 Å². The van der Waals surface area contributed by atoms with Crippen LogP contribution in [0.5, 0.6) is 0 Å². The van der Waals surface area contributed by atoms with Crippen LogP contribution >= 0.6 is 0 Å². The van der Waals surface area contributed by atoms with Gasteiger partial charge in [0.25, 0.3) is 0 Å². The third kappa shape index (κ3) is 3.29. The molecule has 0 saturated heterocycles. The fourth-order valence-electron chi connectivity index (χ4n) is 4.88. The Hall–Kier alpha value is -2.90. The monoisotopic (exact) mass is 480 g/mol. The van der Waals surface area contributed by atoms with Crippen LogP contribution in [0.2, 0.25) is 0 Å². The summed E-state index contributed by atoms with van der Waals surface area (Å²) >= 11 is -4.51. The number of hydrogen-bond acceptors (Lipinski definition) is 2. The van der Waals surface area contributed by atoms with Crippen molar-refractivity contribution in [3.63, 3.8) is 0 Å². The SMILES string of the molecule is O=[C](c1ccccc1)[Zr]([C](=O)c1ccccc1)([C]1=CC=CC1)[CH]1C=Cc2ccccc21. The Balaban J connectivity index is 1.79. The molecule has 0 fully saturated rings. The van der Waals surface area contributed by atoms with Crippen molar-refractivity contribution in [1.29, 1.82) is 0 Å². The summed E-state index contributed by atoms with van der Waals surface area (Å²) in [6.07, 6.45) is 11.0. The average Bonchev–Trinajstić information content (AvgIpc) is 3.52. The van der Waals surface area contributed by atoms with Crippen molar-refractivity contribution in [2.75, 3.05) is 0 Å². The van der Waals surface area contributed by atoms with Gasteiger partial charge < -0.3 is 0 Å². The number of fused-ring (bicyclic) bond motifs is 1. The van der Waals surface area contributed by atoms with Crippen molar-refractivity contribution in [2.24, 2.45) is 0 Å². The average molecular weight is 482 g/mol. The van der Waals surface area contributed by atoms with Gasteiger partial charge in [-0.2, -0.15) is 0 Å². The van der Waals surface area contributed by atoms with Crippen LogP contribution in [0.3, 0.4) is 0 Å². The number of allylic oxidation sites excluding steroid dienone is 5. The summed E-state index contributed by atoms with van der Waals surface area (Å²) in [5, 5.41) is 0. The predicted molar refractivity (Wildman–Crippen MR) is 122 cm³/mol. The second-order valence-corrected chi connectivity index (χ2v) is 17.3. The fraction of sp³-hybridized carbons (Fsp3) is 0.0714. The molecule has 5 rings (SSSR count). The molecular weight excluding hydrogens is 460 g/mol. The summed E-state index contributed by atoms with van der Waals surface area (Å²) in [7, 11) is 0. The third-order valence-corrected chi connectivity index (χ3v) is 18.2. The second-order valence-electron chi connectivity index (χ2n) is 7.99.